The molecule has 0 unspecified atom stereocenters. The van der Waals surface area contributed by atoms with Crippen molar-refractivity contribution < 1.29 is 4.74 Å². The van der Waals surface area contributed by atoms with Crippen molar-refractivity contribution in [1.82, 2.24) is 10.2 Å². The van der Waals surface area contributed by atoms with Crippen LogP contribution in [0.1, 0.15) is 24.0 Å². The lowest BCUT2D eigenvalue weighted by Crippen LogP contribution is -2.36. The molecule has 0 radical (unpaired) electrons. The fourth-order valence-electron chi connectivity index (χ4n) is 4.25. The molecule has 0 atom stereocenters. The zero-order chi connectivity index (χ0) is 20.6. The van der Waals surface area contributed by atoms with Gasteiger partial charge in [0.1, 0.15) is 5.75 Å². The molecule has 3 nitrogen and oxygen atoms in total. The number of hydrogen-bond acceptors (Lipinski definition) is 3. The molecule has 0 aromatic heterocycles. The van der Waals surface area contributed by atoms with Crippen LogP contribution in [0.3, 0.4) is 0 Å². The van der Waals surface area contributed by atoms with E-state index >= 15 is 0 Å². The van der Waals surface area contributed by atoms with Gasteiger partial charge in [0.05, 0.1) is 7.11 Å². The topological polar surface area (TPSA) is 24.5 Å². The molecule has 30 heavy (non-hydrogen) atoms. The highest BCUT2D eigenvalue weighted by molar-refractivity contribution is 5.63. The van der Waals surface area contributed by atoms with Crippen molar-refractivity contribution in [3.8, 4) is 16.9 Å². The molecule has 0 spiro atoms. The average molecular weight is 401 g/mol. The number of piperidine rings is 1. The Balaban J connectivity index is 1.20. The second kappa shape index (κ2) is 10.4. The Morgan fingerprint density at radius 1 is 0.833 bits per heavy atom. The summed E-state index contributed by atoms with van der Waals surface area (Å²) in [7, 11) is 1.72. The van der Waals surface area contributed by atoms with E-state index in [2.05, 4.69) is 89.1 Å². The van der Waals surface area contributed by atoms with Crippen LogP contribution in [-0.2, 0) is 13.1 Å². The van der Waals surface area contributed by atoms with E-state index in [1.807, 2.05) is 0 Å². The molecule has 1 heterocycles. The molecule has 3 aromatic rings. The third-order valence-corrected chi connectivity index (χ3v) is 6.07. The van der Waals surface area contributed by atoms with E-state index in [0.29, 0.717) is 0 Å². The predicted molar refractivity (Wildman–Crippen MR) is 125 cm³/mol. The van der Waals surface area contributed by atoms with Crippen molar-refractivity contribution in [1.29, 1.82) is 0 Å². The number of rotatable bonds is 8. The van der Waals surface area contributed by atoms with Gasteiger partial charge in [0.15, 0.2) is 0 Å². The van der Waals surface area contributed by atoms with Crippen LogP contribution in [0.25, 0.3) is 11.1 Å². The van der Waals surface area contributed by atoms with E-state index in [4.69, 9.17) is 4.74 Å². The Morgan fingerprint density at radius 2 is 1.57 bits per heavy atom. The Kier molecular flexibility index (Phi) is 7.17. The van der Waals surface area contributed by atoms with Gasteiger partial charge < -0.3 is 10.1 Å². The molecule has 1 fully saturated rings. The quantitative estimate of drug-likeness (QED) is 0.551. The van der Waals surface area contributed by atoms with Gasteiger partial charge in [-0.15, -0.1) is 0 Å². The van der Waals surface area contributed by atoms with Gasteiger partial charge in [-0.25, -0.2) is 0 Å². The van der Waals surface area contributed by atoms with Crippen LogP contribution in [0.5, 0.6) is 5.75 Å². The second-order valence-corrected chi connectivity index (χ2v) is 8.26. The number of nitrogens with one attached hydrogen (secondary N) is 1. The zero-order valence-electron chi connectivity index (χ0n) is 17.9. The minimum atomic E-state index is 0.773. The first-order valence-electron chi connectivity index (χ1n) is 11.0. The molecule has 1 N–H and O–H groups in total. The van der Waals surface area contributed by atoms with Gasteiger partial charge >= 0.3 is 0 Å². The van der Waals surface area contributed by atoms with E-state index in [-0.39, 0.29) is 0 Å². The Labute approximate surface area is 180 Å². The molecule has 4 rings (SSSR count). The third-order valence-electron chi connectivity index (χ3n) is 6.07. The van der Waals surface area contributed by atoms with Gasteiger partial charge in [-0.05, 0) is 78.8 Å². The maximum atomic E-state index is 5.25. The van der Waals surface area contributed by atoms with Crippen molar-refractivity contribution in [2.24, 2.45) is 5.92 Å². The summed E-state index contributed by atoms with van der Waals surface area (Å²) in [5, 5.41) is 3.69. The predicted octanol–water partition coefficient (Wildman–Crippen LogP) is 5.36. The van der Waals surface area contributed by atoms with E-state index in [1.165, 1.54) is 48.2 Å². The van der Waals surface area contributed by atoms with Gasteiger partial charge in [0.2, 0.25) is 0 Å². The van der Waals surface area contributed by atoms with Crippen molar-refractivity contribution in [3.05, 3.63) is 90.0 Å². The largest absolute Gasteiger partial charge is 0.497 e. The number of nitrogens with zero attached hydrogens (tertiary/aromatic N) is 1. The molecule has 0 amide bonds. The first-order valence-corrected chi connectivity index (χ1v) is 11.0. The van der Waals surface area contributed by atoms with Crippen LogP contribution < -0.4 is 10.1 Å². The van der Waals surface area contributed by atoms with E-state index in [9.17, 15) is 0 Å². The second-order valence-electron chi connectivity index (χ2n) is 8.26. The molecule has 1 aliphatic heterocycles. The zero-order valence-corrected chi connectivity index (χ0v) is 17.9. The smallest absolute Gasteiger partial charge is 0.118 e. The fourth-order valence-corrected chi connectivity index (χ4v) is 4.25. The van der Waals surface area contributed by atoms with Gasteiger partial charge in [-0.3, -0.25) is 4.90 Å². The number of benzene rings is 3. The summed E-state index contributed by atoms with van der Waals surface area (Å²) in [4.78, 5) is 2.57. The van der Waals surface area contributed by atoms with Crippen molar-refractivity contribution in [2.45, 2.75) is 25.9 Å². The maximum Gasteiger partial charge on any atom is 0.118 e. The summed E-state index contributed by atoms with van der Waals surface area (Å²) >= 11 is 0. The lowest BCUT2D eigenvalue weighted by Gasteiger charge is -2.32. The normalized spacial score (nSPS) is 15.2. The molecule has 0 aliphatic carbocycles. The van der Waals surface area contributed by atoms with Gasteiger partial charge in [0, 0.05) is 13.1 Å². The third kappa shape index (κ3) is 5.71. The summed E-state index contributed by atoms with van der Waals surface area (Å²) in [6, 6.07) is 28.0. The average Bonchev–Trinajstić information content (AvgIpc) is 2.81. The Hall–Kier alpha value is -2.62. The number of likely N-dealkylation sites (tertiary alicyclic amines) is 1. The standard InChI is InChI=1S/C27H32N2O/c1-30-27-12-10-23(11-13-27)21-29-16-14-22(15-17-29)19-28-20-24-6-5-9-26(18-24)25-7-3-2-4-8-25/h2-13,18,22,28H,14-17,19-21H2,1H3. The Bertz CT molecular complexity index is 900. The van der Waals surface area contributed by atoms with E-state index in [1.54, 1.807) is 7.11 Å². The minimum Gasteiger partial charge on any atom is -0.497 e. The molecule has 0 saturated carbocycles. The Morgan fingerprint density at radius 3 is 2.30 bits per heavy atom. The summed E-state index contributed by atoms with van der Waals surface area (Å²) in [6.07, 6.45) is 2.54. The summed E-state index contributed by atoms with van der Waals surface area (Å²) < 4.78 is 5.25. The first-order chi connectivity index (χ1) is 14.8. The highest BCUT2D eigenvalue weighted by Gasteiger charge is 2.19. The molecule has 1 aliphatic rings. The molecule has 0 bridgehead atoms. The van der Waals surface area contributed by atoms with Crippen molar-refractivity contribution in [3.63, 3.8) is 0 Å². The molecular formula is C27H32N2O. The first kappa shape index (κ1) is 20.6. The highest BCUT2D eigenvalue weighted by atomic mass is 16.5. The number of hydrogen-bond donors (Lipinski definition) is 1. The fraction of sp³-hybridized carbons (Fsp3) is 0.333. The van der Waals surface area contributed by atoms with Crippen molar-refractivity contribution in [2.75, 3.05) is 26.7 Å². The van der Waals surface area contributed by atoms with Crippen LogP contribution in [0.2, 0.25) is 0 Å². The van der Waals surface area contributed by atoms with E-state index in [0.717, 1.165) is 31.3 Å². The van der Waals surface area contributed by atoms with Crippen molar-refractivity contribution >= 4 is 0 Å². The van der Waals surface area contributed by atoms with Crippen LogP contribution in [0.4, 0.5) is 0 Å². The van der Waals surface area contributed by atoms with Gasteiger partial charge in [0.25, 0.3) is 0 Å². The van der Waals surface area contributed by atoms with Gasteiger partial charge in [-0.1, -0.05) is 60.7 Å². The SMILES string of the molecule is COc1ccc(CN2CCC(CNCc3cccc(-c4ccccc4)c3)CC2)cc1. The molecule has 156 valence electrons. The summed E-state index contributed by atoms with van der Waals surface area (Å²) in [5.74, 6) is 1.70. The van der Waals surface area contributed by atoms with Crippen LogP contribution >= 0.6 is 0 Å². The maximum absolute atomic E-state index is 5.25. The van der Waals surface area contributed by atoms with E-state index < -0.39 is 0 Å². The monoisotopic (exact) mass is 400 g/mol. The lowest BCUT2D eigenvalue weighted by atomic mass is 9.96. The molecule has 3 heteroatoms. The summed E-state index contributed by atoms with van der Waals surface area (Å²) in [5.41, 5.74) is 5.30. The van der Waals surface area contributed by atoms with Crippen LogP contribution in [0, 0.1) is 5.92 Å². The van der Waals surface area contributed by atoms with Gasteiger partial charge in [-0.2, -0.15) is 0 Å². The molecule has 3 aromatic carbocycles. The minimum absolute atomic E-state index is 0.773. The summed E-state index contributed by atoms with van der Waals surface area (Å²) in [6.45, 7) is 5.44. The number of ether oxygens (including phenoxy) is 1. The lowest BCUT2D eigenvalue weighted by molar-refractivity contribution is 0.175. The highest BCUT2D eigenvalue weighted by Crippen LogP contribution is 2.21. The molecular weight excluding hydrogens is 368 g/mol. The molecule has 1 saturated heterocycles. The van der Waals surface area contributed by atoms with Crippen LogP contribution in [0.15, 0.2) is 78.9 Å². The van der Waals surface area contributed by atoms with Crippen LogP contribution in [-0.4, -0.2) is 31.6 Å². The number of methoxy groups -OCH3 is 1.